The van der Waals surface area contributed by atoms with E-state index in [1.165, 1.54) is 11.3 Å². The highest BCUT2D eigenvalue weighted by atomic mass is 32.1. The maximum Gasteiger partial charge on any atom is 0.341 e. The highest BCUT2D eigenvalue weighted by Gasteiger charge is 2.43. The number of thiophene rings is 1. The predicted octanol–water partition coefficient (Wildman–Crippen LogP) is 2.61. The average molecular weight is 310 g/mol. The maximum atomic E-state index is 12.5. The van der Waals surface area contributed by atoms with E-state index in [4.69, 9.17) is 10.5 Å². The van der Waals surface area contributed by atoms with E-state index in [2.05, 4.69) is 5.32 Å². The summed E-state index contributed by atoms with van der Waals surface area (Å²) in [7, 11) is 0. The van der Waals surface area contributed by atoms with Crippen LogP contribution in [0.5, 0.6) is 0 Å². The quantitative estimate of drug-likeness (QED) is 0.819. The lowest BCUT2D eigenvalue weighted by Gasteiger charge is -2.38. The first-order chi connectivity index (χ1) is 9.95. The van der Waals surface area contributed by atoms with Crippen LogP contribution >= 0.6 is 11.3 Å². The van der Waals surface area contributed by atoms with Crippen molar-refractivity contribution in [1.82, 2.24) is 0 Å². The van der Waals surface area contributed by atoms with E-state index in [1.807, 2.05) is 13.8 Å². The summed E-state index contributed by atoms with van der Waals surface area (Å²) in [6.07, 6.45) is 2.65. The number of nitrogens with one attached hydrogen (secondary N) is 1. The molecular formula is C15H22N2O3S. The van der Waals surface area contributed by atoms with Crippen molar-refractivity contribution < 1.29 is 14.3 Å². The minimum Gasteiger partial charge on any atom is -0.462 e. The summed E-state index contributed by atoms with van der Waals surface area (Å²) in [6, 6.07) is 0. The second kappa shape index (κ2) is 6.15. The van der Waals surface area contributed by atoms with Crippen LogP contribution < -0.4 is 11.1 Å². The molecule has 0 saturated heterocycles. The van der Waals surface area contributed by atoms with Gasteiger partial charge in [0.15, 0.2) is 0 Å². The van der Waals surface area contributed by atoms with E-state index >= 15 is 0 Å². The number of rotatable bonds is 5. The Balaban J connectivity index is 2.26. The van der Waals surface area contributed by atoms with Crippen molar-refractivity contribution >= 4 is 28.2 Å². The van der Waals surface area contributed by atoms with Crippen LogP contribution in [0.1, 0.15) is 47.0 Å². The van der Waals surface area contributed by atoms with Gasteiger partial charge in [0.05, 0.1) is 17.6 Å². The first kappa shape index (κ1) is 16.0. The third-order valence-electron chi connectivity index (χ3n) is 4.27. The Labute approximate surface area is 128 Å². The molecule has 0 atom stereocenters. The van der Waals surface area contributed by atoms with E-state index in [0.717, 1.165) is 29.7 Å². The van der Waals surface area contributed by atoms with Gasteiger partial charge in [-0.05, 0) is 39.2 Å². The fourth-order valence-electron chi connectivity index (χ4n) is 2.53. The van der Waals surface area contributed by atoms with Gasteiger partial charge in [0.25, 0.3) is 0 Å². The van der Waals surface area contributed by atoms with Gasteiger partial charge in [-0.25, -0.2) is 4.79 Å². The van der Waals surface area contributed by atoms with Crippen LogP contribution in [0.2, 0.25) is 0 Å². The zero-order chi connectivity index (χ0) is 15.6. The molecule has 1 fully saturated rings. The molecule has 1 aromatic heterocycles. The van der Waals surface area contributed by atoms with E-state index in [-0.39, 0.29) is 11.9 Å². The minimum absolute atomic E-state index is 0.0805. The van der Waals surface area contributed by atoms with Crippen LogP contribution in [0.25, 0.3) is 0 Å². The summed E-state index contributed by atoms with van der Waals surface area (Å²) in [5.41, 5.74) is 6.63. The van der Waals surface area contributed by atoms with Gasteiger partial charge in [0.1, 0.15) is 5.00 Å². The number of carbonyl (C=O) groups is 2. The lowest BCUT2D eigenvalue weighted by molar-refractivity contribution is -0.129. The van der Waals surface area contributed by atoms with Gasteiger partial charge in [-0.3, -0.25) is 4.79 Å². The van der Waals surface area contributed by atoms with Crippen molar-refractivity contribution in [3.8, 4) is 0 Å². The molecule has 1 amide bonds. The van der Waals surface area contributed by atoms with Crippen LogP contribution in [0.15, 0.2) is 0 Å². The molecule has 0 aromatic carbocycles. The second-order valence-corrected chi connectivity index (χ2v) is 6.72. The van der Waals surface area contributed by atoms with E-state index in [9.17, 15) is 9.59 Å². The first-order valence-electron chi connectivity index (χ1n) is 7.24. The zero-order valence-corrected chi connectivity index (χ0v) is 13.6. The maximum absolute atomic E-state index is 12.5. The molecule has 0 radical (unpaired) electrons. The van der Waals surface area contributed by atoms with Crippen molar-refractivity contribution in [3.63, 3.8) is 0 Å². The summed E-state index contributed by atoms with van der Waals surface area (Å²) in [5.74, 6) is -0.465. The highest BCUT2D eigenvalue weighted by Crippen LogP contribution is 2.42. The lowest BCUT2D eigenvalue weighted by atomic mass is 9.68. The third-order valence-corrected chi connectivity index (χ3v) is 5.40. The van der Waals surface area contributed by atoms with Crippen LogP contribution in [-0.2, 0) is 9.53 Å². The van der Waals surface area contributed by atoms with Crippen molar-refractivity contribution in [2.45, 2.75) is 40.0 Å². The SMILES string of the molecule is CCOC(=O)c1c(NC(=O)C2(CN)CCC2)sc(C)c1C. The first-order valence-corrected chi connectivity index (χ1v) is 8.05. The van der Waals surface area contributed by atoms with E-state index < -0.39 is 5.41 Å². The van der Waals surface area contributed by atoms with Gasteiger partial charge in [-0.1, -0.05) is 6.42 Å². The monoisotopic (exact) mass is 310 g/mol. The summed E-state index contributed by atoms with van der Waals surface area (Å²) in [5, 5.41) is 3.48. The predicted molar refractivity (Wildman–Crippen MR) is 83.7 cm³/mol. The second-order valence-electron chi connectivity index (χ2n) is 5.50. The normalized spacial score (nSPS) is 16.2. The van der Waals surface area contributed by atoms with Gasteiger partial charge >= 0.3 is 5.97 Å². The van der Waals surface area contributed by atoms with Crippen molar-refractivity contribution in [2.75, 3.05) is 18.5 Å². The molecule has 1 saturated carbocycles. The fourth-order valence-corrected chi connectivity index (χ4v) is 3.57. The number of nitrogens with two attached hydrogens (primary N) is 1. The number of hydrogen-bond acceptors (Lipinski definition) is 5. The summed E-state index contributed by atoms with van der Waals surface area (Å²) in [6.45, 7) is 6.23. The molecule has 2 rings (SSSR count). The van der Waals surface area contributed by atoms with Gasteiger partial charge < -0.3 is 15.8 Å². The molecule has 1 aliphatic carbocycles. The zero-order valence-electron chi connectivity index (χ0n) is 12.7. The van der Waals surface area contributed by atoms with Gasteiger partial charge in [0, 0.05) is 11.4 Å². The Morgan fingerprint density at radius 1 is 1.38 bits per heavy atom. The summed E-state index contributed by atoms with van der Waals surface area (Å²) < 4.78 is 5.09. The average Bonchev–Trinajstić information content (AvgIpc) is 2.64. The number of amides is 1. The van der Waals surface area contributed by atoms with Gasteiger partial charge in [-0.2, -0.15) is 0 Å². The van der Waals surface area contributed by atoms with Crippen LogP contribution in [0.4, 0.5) is 5.00 Å². The van der Waals surface area contributed by atoms with Gasteiger partial charge in [-0.15, -0.1) is 11.3 Å². The lowest BCUT2D eigenvalue weighted by Crippen LogP contribution is -2.47. The molecule has 1 aliphatic rings. The Bertz CT molecular complexity index is 556. The Hall–Kier alpha value is -1.40. The minimum atomic E-state index is -0.461. The number of ether oxygens (including phenoxy) is 1. The Morgan fingerprint density at radius 2 is 2.05 bits per heavy atom. The number of esters is 1. The number of aryl methyl sites for hydroxylation is 1. The van der Waals surface area contributed by atoms with Crippen molar-refractivity contribution in [3.05, 3.63) is 16.0 Å². The summed E-state index contributed by atoms with van der Waals surface area (Å²) in [4.78, 5) is 25.6. The molecule has 0 spiro atoms. The molecule has 0 aliphatic heterocycles. The van der Waals surface area contributed by atoms with E-state index in [1.54, 1.807) is 6.92 Å². The molecule has 1 heterocycles. The number of hydrogen-bond donors (Lipinski definition) is 2. The van der Waals surface area contributed by atoms with Gasteiger partial charge in [0.2, 0.25) is 5.91 Å². The molecule has 6 heteroatoms. The molecular weight excluding hydrogens is 288 g/mol. The van der Waals surface area contributed by atoms with E-state index in [0.29, 0.717) is 23.7 Å². The molecule has 21 heavy (non-hydrogen) atoms. The highest BCUT2D eigenvalue weighted by molar-refractivity contribution is 7.16. The third kappa shape index (κ3) is 2.82. The summed E-state index contributed by atoms with van der Waals surface area (Å²) >= 11 is 1.41. The standard InChI is InChI=1S/C15H22N2O3S/c1-4-20-13(18)11-9(2)10(3)21-12(11)17-14(19)15(8-16)6-5-7-15/h4-8,16H2,1-3H3,(H,17,19). The van der Waals surface area contributed by atoms with Crippen LogP contribution in [0, 0.1) is 19.3 Å². The van der Waals surface area contributed by atoms with Crippen molar-refractivity contribution in [2.24, 2.45) is 11.1 Å². The molecule has 1 aromatic rings. The van der Waals surface area contributed by atoms with Crippen LogP contribution in [0.3, 0.4) is 0 Å². The number of carbonyl (C=O) groups excluding carboxylic acids is 2. The molecule has 5 nitrogen and oxygen atoms in total. The Kier molecular flexibility index (Phi) is 4.68. The molecule has 0 unspecified atom stereocenters. The molecule has 3 N–H and O–H groups in total. The molecule has 116 valence electrons. The van der Waals surface area contributed by atoms with Crippen LogP contribution in [-0.4, -0.2) is 25.0 Å². The molecule has 0 bridgehead atoms. The number of anilines is 1. The van der Waals surface area contributed by atoms with Crippen molar-refractivity contribution in [1.29, 1.82) is 0 Å². The smallest absolute Gasteiger partial charge is 0.341 e. The largest absolute Gasteiger partial charge is 0.462 e. The topological polar surface area (TPSA) is 81.4 Å². The Morgan fingerprint density at radius 3 is 2.52 bits per heavy atom. The fraction of sp³-hybridized carbons (Fsp3) is 0.600.